The van der Waals surface area contributed by atoms with Gasteiger partial charge >= 0.3 is 5.97 Å². The van der Waals surface area contributed by atoms with Crippen molar-refractivity contribution in [1.29, 1.82) is 0 Å². The Morgan fingerprint density at radius 3 is 2.94 bits per heavy atom. The fourth-order valence-corrected chi connectivity index (χ4v) is 2.58. The van der Waals surface area contributed by atoms with Crippen LogP contribution < -0.4 is 10.1 Å². The molecule has 98 valence electrons. The molecule has 0 saturated carbocycles. The normalized spacial score (nSPS) is 22.8. The molecule has 0 aromatic heterocycles. The number of rotatable bonds is 3. The Balaban J connectivity index is 1.97. The van der Waals surface area contributed by atoms with Crippen molar-refractivity contribution < 1.29 is 14.3 Å². The third-order valence-corrected chi connectivity index (χ3v) is 3.58. The Kier molecular flexibility index (Phi) is 4.24. The van der Waals surface area contributed by atoms with Crippen molar-refractivity contribution in [3.63, 3.8) is 0 Å². The van der Waals surface area contributed by atoms with Gasteiger partial charge in [0.25, 0.3) is 0 Å². The molecule has 1 aromatic rings. The summed E-state index contributed by atoms with van der Waals surface area (Å²) in [6.45, 7) is 2.68. The summed E-state index contributed by atoms with van der Waals surface area (Å²) in [6.07, 6.45) is 0.626. The Labute approximate surface area is 115 Å². The van der Waals surface area contributed by atoms with Crippen LogP contribution in [-0.4, -0.2) is 31.8 Å². The van der Waals surface area contributed by atoms with E-state index < -0.39 is 0 Å². The van der Waals surface area contributed by atoms with Gasteiger partial charge in [0.05, 0.1) is 11.6 Å². The second kappa shape index (κ2) is 5.71. The number of halogens is 1. The van der Waals surface area contributed by atoms with E-state index in [1.165, 1.54) is 12.7 Å². The predicted octanol–water partition coefficient (Wildman–Crippen LogP) is 2.04. The molecule has 0 aliphatic carbocycles. The summed E-state index contributed by atoms with van der Waals surface area (Å²) in [5, 5.41) is 3.09. The number of nitrogens with one attached hydrogen (secondary N) is 1. The van der Waals surface area contributed by atoms with Gasteiger partial charge in [0.1, 0.15) is 17.9 Å². The average molecular weight is 314 g/mol. The molecule has 0 radical (unpaired) electrons. The van der Waals surface area contributed by atoms with Gasteiger partial charge < -0.3 is 14.8 Å². The summed E-state index contributed by atoms with van der Waals surface area (Å²) in [7, 11) is 1.40. The lowest BCUT2D eigenvalue weighted by atomic mass is 10.2. The molecule has 18 heavy (non-hydrogen) atoms. The quantitative estimate of drug-likeness (QED) is 0.868. The Bertz CT molecular complexity index is 450. The molecular formula is C13H16BrNO3. The third-order valence-electron chi connectivity index (χ3n) is 2.96. The number of benzene rings is 1. The van der Waals surface area contributed by atoms with Gasteiger partial charge in [-0.1, -0.05) is 6.07 Å². The molecule has 2 rings (SSSR count). The number of ether oxygens (including phenoxy) is 2. The molecule has 1 fully saturated rings. The highest BCUT2D eigenvalue weighted by molar-refractivity contribution is 9.10. The highest BCUT2D eigenvalue weighted by atomic mass is 79.9. The molecule has 1 saturated heterocycles. The molecule has 0 amide bonds. The lowest BCUT2D eigenvalue weighted by molar-refractivity contribution is -0.142. The van der Waals surface area contributed by atoms with Crippen LogP contribution in [-0.2, 0) is 9.53 Å². The molecule has 1 aromatic carbocycles. The summed E-state index contributed by atoms with van der Waals surface area (Å²) in [5.74, 6) is 0.571. The molecule has 1 heterocycles. The first-order valence-electron chi connectivity index (χ1n) is 5.84. The standard InChI is InChI=1S/C13H16BrNO3/c1-8-3-4-12(10(14)5-8)18-9-6-11(15-7-9)13(16)17-2/h3-5,9,11,15H,6-7H2,1-2H3/t9-,11+/m1/s1. The lowest BCUT2D eigenvalue weighted by Crippen LogP contribution is -2.31. The fourth-order valence-electron chi connectivity index (χ4n) is 2.00. The van der Waals surface area contributed by atoms with Gasteiger partial charge in [0.2, 0.25) is 0 Å². The number of hydrogen-bond donors (Lipinski definition) is 1. The zero-order chi connectivity index (χ0) is 13.1. The van der Waals surface area contributed by atoms with E-state index in [0.717, 1.165) is 10.2 Å². The van der Waals surface area contributed by atoms with Gasteiger partial charge in [-0.2, -0.15) is 0 Å². The van der Waals surface area contributed by atoms with Crippen molar-refractivity contribution in [2.75, 3.05) is 13.7 Å². The minimum absolute atomic E-state index is 0.00638. The average Bonchev–Trinajstić information content (AvgIpc) is 2.80. The minimum Gasteiger partial charge on any atom is -0.488 e. The number of carbonyl (C=O) groups is 1. The van der Waals surface area contributed by atoms with Crippen molar-refractivity contribution in [3.8, 4) is 5.75 Å². The van der Waals surface area contributed by atoms with Crippen LogP contribution in [0.4, 0.5) is 0 Å². The van der Waals surface area contributed by atoms with Crippen LogP contribution in [0, 0.1) is 6.92 Å². The van der Waals surface area contributed by atoms with Crippen molar-refractivity contribution in [1.82, 2.24) is 5.32 Å². The van der Waals surface area contributed by atoms with E-state index in [-0.39, 0.29) is 18.1 Å². The van der Waals surface area contributed by atoms with E-state index in [1.54, 1.807) is 0 Å². The predicted molar refractivity (Wildman–Crippen MR) is 71.7 cm³/mol. The van der Waals surface area contributed by atoms with E-state index >= 15 is 0 Å². The first kappa shape index (κ1) is 13.4. The second-order valence-corrected chi connectivity index (χ2v) is 5.25. The van der Waals surface area contributed by atoms with Gasteiger partial charge in [-0.05, 0) is 40.5 Å². The van der Waals surface area contributed by atoms with Crippen LogP contribution >= 0.6 is 15.9 Å². The zero-order valence-electron chi connectivity index (χ0n) is 10.4. The van der Waals surface area contributed by atoms with Crippen LogP contribution in [0.25, 0.3) is 0 Å². The van der Waals surface area contributed by atoms with Crippen LogP contribution in [0.15, 0.2) is 22.7 Å². The van der Waals surface area contributed by atoms with Crippen LogP contribution in [0.3, 0.4) is 0 Å². The van der Waals surface area contributed by atoms with E-state index in [2.05, 4.69) is 21.2 Å². The lowest BCUT2D eigenvalue weighted by Gasteiger charge is -2.14. The van der Waals surface area contributed by atoms with Crippen LogP contribution in [0.5, 0.6) is 5.75 Å². The second-order valence-electron chi connectivity index (χ2n) is 4.39. The van der Waals surface area contributed by atoms with E-state index in [9.17, 15) is 4.79 Å². The topological polar surface area (TPSA) is 47.6 Å². The molecule has 1 aliphatic heterocycles. The summed E-state index contributed by atoms with van der Waals surface area (Å²) in [5.41, 5.74) is 1.17. The summed E-state index contributed by atoms with van der Waals surface area (Å²) in [6, 6.07) is 5.69. The first-order chi connectivity index (χ1) is 8.60. The Morgan fingerprint density at radius 2 is 2.28 bits per heavy atom. The molecule has 2 atom stereocenters. The highest BCUT2D eigenvalue weighted by Gasteiger charge is 2.31. The Morgan fingerprint density at radius 1 is 1.50 bits per heavy atom. The molecule has 4 nitrogen and oxygen atoms in total. The molecule has 0 bridgehead atoms. The monoisotopic (exact) mass is 313 g/mol. The molecular weight excluding hydrogens is 298 g/mol. The van der Waals surface area contributed by atoms with Crippen LogP contribution in [0.1, 0.15) is 12.0 Å². The van der Waals surface area contributed by atoms with Crippen LogP contribution in [0.2, 0.25) is 0 Å². The zero-order valence-corrected chi connectivity index (χ0v) is 12.0. The third kappa shape index (κ3) is 3.03. The molecule has 1 N–H and O–H groups in total. The number of methoxy groups -OCH3 is 1. The van der Waals surface area contributed by atoms with Gasteiger partial charge in [0, 0.05) is 13.0 Å². The van der Waals surface area contributed by atoms with E-state index in [4.69, 9.17) is 9.47 Å². The van der Waals surface area contributed by atoms with E-state index in [1.807, 2.05) is 25.1 Å². The van der Waals surface area contributed by atoms with Gasteiger partial charge in [-0.3, -0.25) is 4.79 Å². The number of hydrogen-bond acceptors (Lipinski definition) is 4. The maximum atomic E-state index is 11.4. The maximum Gasteiger partial charge on any atom is 0.323 e. The number of esters is 1. The summed E-state index contributed by atoms with van der Waals surface area (Å²) >= 11 is 3.48. The molecule has 5 heteroatoms. The van der Waals surface area contributed by atoms with Crippen molar-refractivity contribution in [3.05, 3.63) is 28.2 Å². The van der Waals surface area contributed by atoms with Gasteiger partial charge in [-0.25, -0.2) is 0 Å². The fraction of sp³-hybridized carbons (Fsp3) is 0.462. The summed E-state index contributed by atoms with van der Waals surface area (Å²) < 4.78 is 11.5. The van der Waals surface area contributed by atoms with Gasteiger partial charge in [-0.15, -0.1) is 0 Å². The van der Waals surface area contributed by atoms with Crippen molar-refractivity contribution in [2.45, 2.75) is 25.5 Å². The SMILES string of the molecule is COC(=O)[C@@H]1C[C@@H](Oc2ccc(C)cc2Br)CN1. The van der Waals surface area contributed by atoms with Crippen molar-refractivity contribution >= 4 is 21.9 Å². The highest BCUT2D eigenvalue weighted by Crippen LogP contribution is 2.28. The van der Waals surface area contributed by atoms with Crippen molar-refractivity contribution in [2.24, 2.45) is 0 Å². The maximum absolute atomic E-state index is 11.4. The first-order valence-corrected chi connectivity index (χ1v) is 6.63. The summed E-state index contributed by atoms with van der Waals surface area (Å²) in [4.78, 5) is 11.4. The van der Waals surface area contributed by atoms with E-state index in [0.29, 0.717) is 13.0 Å². The van der Waals surface area contributed by atoms with Gasteiger partial charge in [0.15, 0.2) is 0 Å². The number of carbonyl (C=O) groups excluding carboxylic acids is 1. The largest absolute Gasteiger partial charge is 0.488 e. The molecule has 0 spiro atoms. The number of aryl methyl sites for hydroxylation is 1. The molecule has 0 unspecified atom stereocenters. The molecule has 1 aliphatic rings. The smallest absolute Gasteiger partial charge is 0.323 e. The minimum atomic E-state index is -0.260. The Hall–Kier alpha value is -1.07.